The quantitative estimate of drug-likeness (QED) is 0.332. The van der Waals surface area contributed by atoms with Crippen molar-refractivity contribution in [1.82, 2.24) is 9.80 Å². The van der Waals surface area contributed by atoms with Gasteiger partial charge in [0.1, 0.15) is 17.6 Å². The molecule has 0 aromatic carbocycles. The van der Waals surface area contributed by atoms with Crippen LogP contribution in [0.15, 0.2) is 24.3 Å². The highest BCUT2D eigenvalue weighted by molar-refractivity contribution is 5.99. The fourth-order valence-corrected chi connectivity index (χ4v) is 7.35. The van der Waals surface area contributed by atoms with E-state index in [4.69, 9.17) is 9.47 Å². The summed E-state index contributed by atoms with van der Waals surface area (Å²) in [5.74, 6) is -2.33. The number of esters is 1. The number of fused-ring (bicyclic) bond motifs is 2. The predicted molar refractivity (Wildman–Crippen MR) is 137 cm³/mol. The van der Waals surface area contributed by atoms with E-state index >= 15 is 0 Å². The summed E-state index contributed by atoms with van der Waals surface area (Å²) >= 11 is 0. The monoisotopic (exact) mass is 514 g/mol. The Morgan fingerprint density at radius 3 is 2.54 bits per heavy atom. The molecule has 1 spiro atoms. The van der Waals surface area contributed by atoms with Gasteiger partial charge < -0.3 is 24.4 Å². The van der Waals surface area contributed by atoms with Gasteiger partial charge in [0, 0.05) is 25.7 Å². The van der Waals surface area contributed by atoms with Gasteiger partial charge in [-0.05, 0) is 58.3 Å². The zero-order valence-corrected chi connectivity index (χ0v) is 22.1. The number of hydrogen-bond donors (Lipinski definition) is 1. The van der Waals surface area contributed by atoms with Gasteiger partial charge in [0.05, 0.1) is 18.1 Å². The highest BCUT2D eigenvalue weighted by Crippen LogP contribution is 2.57. The first-order valence-electron chi connectivity index (χ1n) is 14.4. The Morgan fingerprint density at radius 2 is 1.76 bits per heavy atom. The van der Waals surface area contributed by atoms with E-state index < -0.39 is 35.0 Å². The van der Waals surface area contributed by atoms with Crippen LogP contribution in [0, 0.1) is 11.8 Å². The minimum absolute atomic E-state index is 0.0698. The summed E-state index contributed by atoms with van der Waals surface area (Å²) in [5, 5.41) is 9.24. The Labute approximate surface area is 220 Å². The Kier molecular flexibility index (Phi) is 7.78. The molecule has 5 rings (SSSR count). The zero-order valence-electron chi connectivity index (χ0n) is 22.1. The number of amides is 2. The van der Waals surface area contributed by atoms with Crippen LogP contribution in [0.3, 0.4) is 0 Å². The SMILES string of the molecule is C[C@]12/C=C\CCCCOC(=O)[C@H]1[C@H]1C(=O)N(CCCCCO)C3C(=O)N(C4CCCCC4)CC=C[C@@]31O2. The average molecular weight is 515 g/mol. The van der Waals surface area contributed by atoms with E-state index in [0.717, 1.165) is 51.4 Å². The minimum atomic E-state index is -1.22. The highest BCUT2D eigenvalue weighted by Gasteiger charge is 2.74. The van der Waals surface area contributed by atoms with Crippen LogP contribution in [0.1, 0.15) is 77.6 Å². The van der Waals surface area contributed by atoms with Crippen LogP contribution in [-0.4, -0.2) is 82.3 Å². The molecule has 0 radical (unpaired) electrons. The molecular weight excluding hydrogens is 472 g/mol. The molecule has 2 saturated heterocycles. The van der Waals surface area contributed by atoms with Gasteiger partial charge in [0.25, 0.3) is 0 Å². The maximum Gasteiger partial charge on any atom is 0.313 e. The number of ether oxygens (including phenoxy) is 2. The maximum atomic E-state index is 14.4. The lowest BCUT2D eigenvalue weighted by Crippen LogP contribution is -2.57. The fourth-order valence-electron chi connectivity index (χ4n) is 7.35. The van der Waals surface area contributed by atoms with Crippen molar-refractivity contribution in [3.8, 4) is 0 Å². The number of cyclic esters (lactones) is 1. The van der Waals surface area contributed by atoms with Crippen LogP contribution in [0.4, 0.5) is 0 Å². The molecule has 0 bridgehead atoms. The molecule has 1 unspecified atom stereocenters. The molecule has 1 aliphatic carbocycles. The van der Waals surface area contributed by atoms with E-state index in [-0.39, 0.29) is 24.5 Å². The summed E-state index contributed by atoms with van der Waals surface area (Å²) in [6.07, 6.45) is 17.9. The van der Waals surface area contributed by atoms with Crippen molar-refractivity contribution in [2.45, 2.75) is 101 Å². The molecule has 3 fully saturated rings. The van der Waals surface area contributed by atoms with Crippen LogP contribution < -0.4 is 0 Å². The number of allylic oxidation sites excluding steroid dienone is 1. The third-order valence-corrected chi connectivity index (χ3v) is 9.10. The van der Waals surface area contributed by atoms with Crippen LogP contribution >= 0.6 is 0 Å². The van der Waals surface area contributed by atoms with E-state index in [2.05, 4.69) is 0 Å². The molecule has 1 saturated carbocycles. The van der Waals surface area contributed by atoms with Crippen LogP contribution in [0.2, 0.25) is 0 Å². The molecule has 0 aromatic heterocycles. The second-order valence-electron chi connectivity index (χ2n) is 11.6. The fraction of sp³-hybridized carbons (Fsp3) is 0.759. The largest absolute Gasteiger partial charge is 0.465 e. The second kappa shape index (κ2) is 10.9. The molecular formula is C29H42N2O6. The first-order valence-corrected chi connectivity index (χ1v) is 14.4. The molecule has 4 heterocycles. The van der Waals surface area contributed by atoms with Crippen LogP contribution in [-0.2, 0) is 23.9 Å². The molecule has 8 heteroatoms. The molecule has 2 amide bonds. The third kappa shape index (κ3) is 4.65. The number of nitrogens with zero attached hydrogens (tertiary/aromatic N) is 2. The Balaban J connectivity index is 1.55. The highest BCUT2D eigenvalue weighted by atomic mass is 16.6. The molecule has 37 heavy (non-hydrogen) atoms. The number of aliphatic hydroxyl groups excluding tert-OH is 1. The first kappa shape index (κ1) is 26.4. The van der Waals surface area contributed by atoms with Gasteiger partial charge in [-0.25, -0.2) is 0 Å². The smallest absolute Gasteiger partial charge is 0.313 e. The van der Waals surface area contributed by atoms with Crippen molar-refractivity contribution >= 4 is 17.8 Å². The summed E-state index contributed by atoms with van der Waals surface area (Å²) in [6, 6.07) is -0.649. The molecule has 5 atom stereocenters. The lowest BCUT2D eigenvalue weighted by Gasteiger charge is -2.40. The second-order valence-corrected chi connectivity index (χ2v) is 11.6. The molecule has 8 nitrogen and oxygen atoms in total. The molecule has 5 aliphatic rings. The number of unbranched alkanes of at least 4 members (excludes halogenated alkanes) is 2. The van der Waals surface area contributed by atoms with Crippen LogP contribution in [0.25, 0.3) is 0 Å². The van der Waals surface area contributed by atoms with E-state index in [1.807, 2.05) is 36.1 Å². The zero-order chi connectivity index (χ0) is 26.0. The number of hydrogen-bond acceptors (Lipinski definition) is 6. The van der Waals surface area contributed by atoms with Crippen molar-refractivity contribution in [3.05, 3.63) is 24.3 Å². The standard InChI is InChI=1S/C29H42N2O6/c1-28-15-8-2-3-11-20-36-27(35)23(28)22-25(33)31(17-9-5-10-19-32)24-26(34)30(21-13-6-4-7-14-21)18-12-16-29(22,24)37-28/h8,12,15-16,21-24,32H,2-7,9-11,13-14,17-20H2,1H3/b15-8-/t22-,23+,24?,28-,29-/m0/s1. The average Bonchev–Trinajstić information content (AvgIpc) is 3.21. The lowest BCUT2D eigenvalue weighted by atomic mass is 9.74. The van der Waals surface area contributed by atoms with Gasteiger partial charge >= 0.3 is 5.97 Å². The summed E-state index contributed by atoms with van der Waals surface area (Å²) in [6.45, 7) is 3.18. The maximum absolute atomic E-state index is 14.4. The van der Waals surface area contributed by atoms with E-state index in [1.54, 1.807) is 4.90 Å². The van der Waals surface area contributed by atoms with Gasteiger partial charge in [-0.1, -0.05) is 43.6 Å². The van der Waals surface area contributed by atoms with Crippen molar-refractivity contribution in [2.24, 2.45) is 11.8 Å². The van der Waals surface area contributed by atoms with Gasteiger partial charge in [0.15, 0.2) is 0 Å². The number of likely N-dealkylation sites (tertiary alicyclic amines) is 1. The van der Waals surface area contributed by atoms with Crippen molar-refractivity contribution < 1.29 is 29.0 Å². The normalized spacial score (nSPS) is 37.6. The summed E-state index contributed by atoms with van der Waals surface area (Å²) in [5.41, 5.74) is -2.26. The van der Waals surface area contributed by atoms with E-state index in [0.29, 0.717) is 32.5 Å². The van der Waals surface area contributed by atoms with Crippen molar-refractivity contribution in [3.63, 3.8) is 0 Å². The topological polar surface area (TPSA) is 96.4 Å². The summed E-state index contributed by atoms with van der Waals surface area (Å²) in [7, 11) is 0. The summed E-state index contributed by atoms with van der Waals surface area (Å²) < 4.78 is 12.5. The number of rotatable bonds is 6. The lowest BCUT2D eigenvalue weighted by molar-refractivity contribution is -0.160. The van der Waals surface area contributed by atoms with Crippen molar-refractivity contribution in [1.29, 1.82) is 0 Å². The Morgan fingerprint density at radius 1 is 0.946 bits per heavy atom. The van der Waals surface area contributed by atoms with E-state index in [1.165, 1.54) is 6.42 Å². The number of carbonyl (C=O) groups is 3. The molecule has 204 valence electrons. The number of carbonyl (C=O) groups excluding carboxylic acids is 3. The Bertz CT molecular complexity index is 943. The van der Waals surface area contributed by atoms with Gasteiger partial charge in [-0.2, -0.15) is 0 Å². The number of aliphatic hydroxyl groups is 1. The minimum Gasteiger partial charge on any atom is -0.465 e. The van der Waals surface area contributed by atoms with Gasteiger partial charge in [-0.3, -0.25) is 14.4 Å². The third-order valence-electron chi connectivity index (χ3n) is 9.10. The summed E-state index contributed by atoms with van der Waals surface area (Å²) in [4.78, 5) is 45.7. The molecule has 4 aliphatic heterocycles. The predicted octanol–water partition coefficient (Wildman–Crippen LogP) is 3.13. The Hall–Kier alpha value is -2.19. The van der Waals surface area contributed by atoms with Gasteiger partial charge in [0.2, 0.25) is 11.8 Å². The molecule has 1 N–H and O–H groups in total. The van der Waals surface area contributed by atoms with Gasteiger partial charge in [-0.15, -0.1) is 0 Å². The van der Waals surface area contributed by atoms with E-state index in [9.17, 15) is 19.5 Å². The molecule has 0 aromatic rings. The van der Waals surface area contributed by atoms with Crippen molar-refractivity contribution in [2.75, 3.05) is 26.3 Å². The van der Waals surface area contributed by atoms with Crippen LogP contribution in [0.5, 0.6) is 0 Å². The first-order chi connectivity index (χ1) is 17.9.